The number of likely N-dealkylation sites (N-methyl/N-ethyl adjacent to an activating group) is 1. The molecule has 0 aliphatic rings. The van der Waals surface area contributed by atoms with Crippen LogP contribution >= 0.6 is 27.5 Å². The van der Waals surface area contributed by atoms with E-state index in [4.69, 9.17) is 11.6 Å². The van der Waals surface area contributed by atoms with Crippen LogP contribution < -0.4 is 5.32 Å². The zero-order valence-corrected chi connectivity index (χ0v) is 13.1. The standard InChI is InChI=1S/C15H13BrClF2N/c1-20-15(9-2-4-12(17)14(19)7-9)8-10-6-11(16)3-5-13(10)18/h2-7,15,20H,8H2,1H3. The molecule has 0 aliphatic carbocycles. The van der Waals surface area contributed by atoms with Crippen LogP contribution in [0.25, 0.3) is 0 Å². The average molecular weight is 361 g/mol. The normalized spacial score (nSPS) is 12.4. The summed E-state index contributed by atoms with van der Waals surface area (Å²) in [7, 11) is 1.76. The number of hydrogen-bond donors (Lipinski definition) is 1. The van der Waals surface area contributed by atoms with E-state index in [1.807, 2.05) is 0 Å². The Morgan fingerprint density at radius 2 is 1.90 bits per heavy atom. The highest BCUT2D eigenvalue weighted by Gasteiger charge is 2.14. The van der Waals surface area contributed by atoms with E-state index in [1.54, 1.807) is 25.2 Å². The summed E-state index contributed by atoms with van der Waals surface area (Å²) in [5, 5.41) is 3.15. The molecule has 0 fully saturated rings. The minimum atomic E-state index is -0.473. The van der Waals surface area contributed by atoms with Crippen molar-refractivity contribution in [3.63, 3.8) is 0 Å². The van der Waals surface area contributed by atoms with Gasteiger partial charge in [-0.15, -0.1) is 0 Å². The zero-order chi connectivity index (χ0) is 14.7. The molecule has 2 rings (SSSR count). The first-order valence-electron chi connectivity index (χ1n) is 6.07. The van der Waals surface area contributed by atoms with Gasteiger partial charge in [-0.3, -0.25) is 0 Å². The van der Waals surface area contributed by atoms with Gasteiger partial charge >= 0.3 is 0 Å². The Hall–Kier alpha value is -0.970. The van der Waals surface area contributed by atoms with Crippen LogP contribution in [0.15, 0.2) is 40.9 Å². The zero-order valence-electron chi connectivity index (χ0n) is 10.8. The fourth-order valence-electron chi connectivity index (χ4n) is 2.04. The molecule has 0 radical (unpaired) electrons. The molecular formula is C15H13BrClF2N. The van der Waals surface area contributed by atoms with Crippen LogP contribution in [0.4, 0.5) is 8.78 Å². The van der Waals surface area contributed by atoms with Crippen molar-refractivity contribution in [1.82, 2.24) is 5.32 Å². The van der Waals surface area contributed by atoms with Crippen molar-refractivity contribution < 1.29 is 8.78 Å². The summed E-state index contributed by atoms with van der Waals surface area (Å²) in [5.74, 6) is -0.748. The molecule has 5 heteroatoms. The van der Waals surface area contributed by atoms with Crippen molar-refractivity contribution in [3.8, 4) is 0 Å². The number of nitrogens with one attached hydrogen (secondary N) is 1. The third-order valence-electron chi connectivity index (χ3n) is 3.13. The number of hydrogen-bond acceptors (Lipinski definition) is 1. The lowest BCUT2D eigenvalue weighted by Crippen LogP contribution is -2.19. The SMILES string of the molecule is CNC(Cc1cc(Br)ccc1F)c1ccc(Cl)c(F)c1. The molecule has 20 heavy (non-hydrogen) atoms. The number of benzene rings is 2. The second-order valence-electron chi connectivity index (χ2n) is 4.45. The lowest BCUT2D eigenvalue weighted by molar-refractivity contribution is 0.549. The lowest BCUT2D eigenvalue weighted by Gasteiger charge is -2.17. The minimum Gasteiger partial charge on any atom is -0.313 e. The fraction of sp³-hybridized carbons (Fsp3) is 0.200. The third-order valence-corrected chi connectivity index (χ3v) is 3.93. The predicted octanol–water partition coefficient (Wildman–Crippen LogP) is 4.88. The predicted molar refractivity (Wildman–Crippen MR) is 81.0 cm³/mol. The highest BCUT2D eigenvalue weighted by Crippen LogP contribution is 2.25. The van der Waals surface area contributed by atoms with Gasteiger partial charge in [0.15, 0.2) is 0 Å². The Bertz CT molecular complexity index is 619. The summed E-state index contributed by atoms with van der Waals surface area (Å²) < 4.78 is 28.1. The van der Waals surface area contributed by atoms with Crippen molar-refractivity contribution in [2.24, 2.45) is 0 Å². The van der Waals surface area contributed by atoms with Crippen LogP contribution in [0.5, 0.6) is 0 Å². The summed E-state index contributed by atoms with van der Waals surface area (Å²) in [6.07, 6.45) is 0.419. The molecule has 1 N–H and O–H groups in total. The van der Waals surface area contributed by atoms with E-state index < -0.39 is 5.82 Å². The van der Waals surface area contributed by atoms with Gasteiger partial charge in [0.1, 0.15) is 11.6 Å². The molecule has 2 aromatic rings. The Morgan fingerprint density at radius 3 is 2.55 bits per heavy atom. The van der Waals surface area contributed by atoms with Crippen LogP contribution in [0, 0.1) is 11.6 Å². The van der Waals surface area contributed by atoms with Gasteiger partial charge in [0.05, 0.1) is 5.02 Å². The van der Waals surface area contributed by atoms with E-state index in [1.165, 1.54) is 18.2 Å². The van der Waals surface area contributed by atoms with Crippen LogP contribution in [-0.4, -0.2) is 7.05 Å². The topological polar surface area (TPSA) is 12.0 Å². The first kappa shape index (κ1) is 15.4. The van der Waals surface area contributed by atoms with E-state index in [0.29, 0.717) is 12.0 Å². The second kappa shape index (κ2) is 6.66. The summed E-state index contributed by atoms with van der Waals surface area (Å²) in [6.45, 7) is 0. The van der Waals surface area contributed by atoms with Crippen LogP contribution in [0.3, 0.4) is 0 Å². The van der Waals surface area contributed by atoms with E-state index in [-0.39, 0.29) is 16.9 Å². The van der Waals surface area contributed by atoms with Gasteiger partial charge in [0.25, 0.3) is 0 Å². The maximum absolute atomic E-state index is 13.8. The highest BCUT2D eigenvalue weighted by molar-refractivity contribution is 9.10. The Balaban J connectivity index is 2.28. The largest absolute Gasteiger partial charge is 0.313 e. The maximum Gasteiger partial charge on any atom is 0.142 e. The van der Waals surface area contributed by atoms with Crippen LogP contribution in [0.1, 0.15) is 17.2 Å². The van der Waals surface area contributed by atoms with Crippen molar-refractivity contribution in [1.29, 1.82) is 0 Å². The molecule has 0 spiro atoms. The van der Waals surface area contributed by atoms with Crippen LogP contribution in [0.2, 0.25) is 5.02 Å². The fourth-order valence-corrected chi connectivity index (χ4v) is 2.56. The van der Waals surface area contributed by atoms with Gasteiger partial charge in [-0.05, 0) is 54.9 Å². The molecule has 0 aliphatic heterocycles. The highest BCUT2D eigenvalue weighted by atomic mass is 79.9. The summed E-state index contributed by atoms with van der Waals surface area (Å²) in [4.78, 5) is 0. The monoisotopic (exact) mass is 359 g/mol. The molecule has 106 valence electrons. The van der Waals surface area contributed by atoms with E-state index in [9.17, 15) is 8.78 Å². The van der Waals surface area contributed by atoms with Gasteiger partial charge in [0, 0.05) is 10.5 Å². The molecule has 0 saturated heterocycles. The van der Waals surface area contributed by atoms with Crippen molar-refractivity contribution in [3.05, 3.63) is 68.7 Å². The molecular weight excluding hydrogens is 348 g/mol. The summed E-state index contributed by atoms with van der Waals surface area (Å²) >= 11 is 8.99. The van der Waals surface area contributed by atoms with Gasteiger partial charge in [-0.25, -0.2) is 8.78 Å². The molecule has 0 aromatic heterocycles. The molecule has 0 bridgehead atoms. The summed E-state index contributed by atoms with van der Waals surface area (Å²) in [6, 6.07) is 9.22. The van der Waals surface area contributed by atoms with Crippen molar-refractivity contribution >= 4 is 27.5 Å². The Kier molecular flexibility index (Phi) is 5.13. The second-order valence-corrected chi connectivity index (χ2v) is 5.78. The first-order chi connectivity index (χ1) is 9.51. The number of halogens is 4. The maximum atomic E-state index is 13.8. The van der Waals surface area contributed by atoms with E-state index in [2.05, 4.69) is 21.2 Å². The molecule has 0 saturated carbocycles. The molecule has 2 aromatic carbocycles. The smallest absolute Gasteiger partial charge is 0.142 e. The van der Waals surface area contributed by atoms with Crippen molar-refractivity contribution in [2.45, 2.75) is 12.5 Å². The van der Waals surface area contributed by atoms with E-state index in [0.717, 1.165) is 10.0 Å². The number of rotatable bonds is 4. The minimum absolute atomic E-state index is 0.0808. The molecule has 1 nitrogen and oxygen atoms in total. The van der Waals surface area contributed by atoms with Gasteiger partial charge in [0.2, 0.25) is 0 Å². The molecule has 0 amide bonds. The van der Waals surface area contributed by atoms with Gasteiger partial charge < -0.3 is 5.32 Å². The third kappa shape index (κ3) is 3.57. The molecule has 1 atom stereocenters. The lowest BCUT2D eigenvalue weighted by atomic mass is 9.98. The summed E-state index contributed by atoms with van der Waals surface area (Å²) in [5.41, 5.74) is 1.29. The van der Waals surface area contributed by atoms with Crippen LogP contribution in [-0.2, 0) is 6.42 Å². The Labute approximate surface area is 130 Å². The van der Waals surface area contributed by atoms with Gasteiger partial charge in [-0.2, -0.15) is 0 Å². The first-order valence-corrected chi connectivity index (χ1v) is 7.24. The van der Waals surface area contributed by atoms with Crippen molar-refractivity contribution in [2.75, 3.05) is 7.05 Å². The quantitative estimate of drug-likeness (QED) is 0.819. The molecule has 1 unspecified atom stereocenters. The van der Waals surface area contributed by atoms with Gasteiger partial charge in [-0.1, -0.05) is 33.6 Å². The molecule has 0 heterocycles. The van der Waals surface area contributed by atoms with E-state index >= 15 is 0 Å². The Morgan fingerprint density at radius 1 is 1.15 bits per heavy atom. The average Bonchev–Trinajstić information content (AvgIpc) is 2.43.